The summed E-state index contributed by atoms with van der Waals surface area (Å²) in [5.74, 6) is 0.923. The van der Waals surface area contributed by atoms with Crippen LogP contribution in [-0.4, -0.2) is 6.54 Å². The summed E-state index contributed by atoms with van der Waals surface area (Å²) >= 11 is 7.05. The Bertz CT molecular complexity index is 551. The fraction of sp³-hybridized carbons (Fsp3) is 0.333. The van der Waals surface area contributed by atoms with Gasteiger partial charge in [-0.3, -0.25) is 0 Å². The van der Waals surface area contributed by atoms with Gasteiger partial charge in [0, 0.05) is 4.47 Å². The van der Waals surface area contributed by atoms with Crippen molar-refractivity contribution in [3.63, 3.8) is 0 Å². The van der Waals surface area contributed by atoms with Crippen molar-refractivity contribution in [2.24, 2.45) is 0 Å². The molecule has 0 aliphatic heterocycles. The molecule has 2 aromatic rings. The monoisotopic (exact) mass is 385 g/mol. The minimum Gasteiger partial charge on any atom is -0.452 e. The molecule has 0 fully saturated rings. The topological polar surface area (TPSA) is 25.2 Å². The Kier molecular flexibility index (Phi) is 5.25. The molecule has 0 amide bonds. The van der Waals surface area contributed by atoms with E-state index >= 15 is 0 Å². The van der Waals surface area contributed by atoms with Crippen LogP contribution in [0.1, 0.15) is 36.3 Å². The van der Waals surface area contributed by atoms with Crippen molar-refractivity contribution in [2.75, 3.05) is 6.54 Å². The molecular weight excluding hydrogens is 370 g/mol. The molecule has 0 bridgehead atoms. The van der Waals surface area contributed by atoms with Crippen molar-refractivity contribution in [1.82, 2.24) is 5.32 Å². The lowest BCUT2D eigenvalue weighted by Crippen LogP contribution is -2.23. The second-order valence-electron chi connectivity index (χ2n) is 4.51. The van der Waals surface area contributed by atoms with Gasteiger partial charge in [0.2, 0.25) is 0 Å². The zero-order chi connectivity index (χ0) is 13.8. The van der Waals surface area contributed by atoms with Crippen molar-refractivity contribution in [2.45, 2.75) is 26.3 Å². The lowest BCUT2D eigenvalue weighted by molar-refractivity contribution is 0.432. The van der Waals surface area contributed by atoms with E-state index in [2.05, 4.69) is 69.2 Å². The van der Waals surface area contributed by atoms with Crippen LogP contribution >= 0.6 is 31.9 Å². The molecule has 0 spiro atoms. The predicted molar refractivity (Wildman–Crippen MR) is 85.4 cm³/mol. The average molecular weight is 387 g/mol. The number of hydrogen-bond donors (Lipinski definition) is 1. The maximum absolute atomic E-state index is 5.73. The predicted octanol–water partition coefficient (Wildman–Crippen LogP) is 5.20. The maximum Gasteiger partial charge on any atom is 0.169 e. The summed E-state index contributed by atoms with van der Waals surface area (Å²) in [5, 5.41) is 3.54. The van der Waals surface area contributed by atoms with E-state index < -0.39 is 0 Å². The molecule has 2 rings (SSSR count). The quantitative estimate of drug-likeness (QED) is 0.763. The zero-order valence-electron chi connectivity index (χ0n) is 11.0. The Balaban J connectivity index is 2.39. The molecule has 0 saturated heterocycles. The first-order chi connectivity index (χ1) is 9.13. The maximum atomic E-state index is 5.73. The molecule has 0 aliphatic rings. The van der Waals surface area contributed by atoms with E-state index in [1.807, 2.05) is 12.1 Å². The SMILES string of the molecule is CCCNC(c1ccc(Br)o1)c1cccc(C)c1Br. The van der Waals surface area contributed by atoms with Gasteiger partial charge in [-0.2, -0.15) is 0 Å². The summed E-state index contributed by atoms with van der Waals surface area (Å²) in [6.07, 6.45) is 1.09. The third-order valence-electron chi connectivity index (χ3n) is 3.01. The number of nitrogens with one attached hydrogen (secondary N) is 1. The minimum absolute atomic E-state index is 0.0699. The minimum atomic E-state index is 0.0699. The molecular formula is C15H17Br2NO. The summed E-state index contributed by atoms with van der Waals surface area (Å²) in [7, 11) is 0. The van der Waals surface area contributed by atoms with Gasteiger partial charge in [0.1, 0.15) is 5.76 Å². The second-order valence-corrected chi connectivity index (χ2v) is 6.08. The van der Waals surface area contributed by atoms with Crippen LogP contribution in [-0.2, 0) is 0 Å². The highest BCUT2D eigenvalue weighted by Gasteiger charge is 2.20. The Morgan fingerprint density at radius 1 is 1.21 bits per heavy atom. The summed E-state index contributed by atoms with van der Waals surface area (Å²) < 4.78 is 7.62. The lowest BCUT2D eigenvalue weighted by Gasteiger charge is -2.19. The van der Waals surface area contributed by atoms with Gasteiger partial charge in [0.15, 0.2) is 4.67 Å². The molecule has 0 aliphatic carbocycles. The van der Waals surface area contributed by atoms with E-state index in [-0.39, 0.29) is 6.04 Å². The lowest BCUT2D eigenvalue weighted by atomic mass is 10.0. The zero-order valence-corrected chi connectivity index (χ0v) is 14.2. The van der Waals surface area contributed by atoms with Gasteiger partial charge in [-0.25, -0.2) is 0 Å². The molecule has 2 nitrogen and oxygen atoms in total. The number of rotatable bonds is 5. The summed E-state index contributed by atoms with van der Waals surface area (Å²) in [4.78, 5) is 0. The molecule has 1 aromatic heterocycles. The molecule has 1 N–H and O–H groups in total. The van der Waals surface area contributed by atoms with E-state index in [0.717, 1.165) is 27.9 Å². The van der Waals surface area contributed by atoms with Crippen LogP contribution in [0.25, 0.3) is 0 Å². The van der Waals surface area contributed by atoms with E-state index in [9.17, 15) is 0 Å². The van der Waals surface area contributed by atoms with Gasteiger partial charge in [-0.05, 0) is 59.1 Å². The van der Waals surface area contributed by atoms with Crippen LogP contribution in [0.3, 0.4) is 0 Å². The smallest absolute Gasteiger partial charge is 0.169 e. The summed E-state index contributed by atoms with van der Waals surface area (Å²) in [5.41, 5.74) is 2.43. The van der Waals surface area contributed by atoms with Crippen molar-refractivity contribution in [1.29, 1.82) is 0 Å². The number of hydrogen-bond acceptors (Lipinski definition) is 2. The molecule has 4 heteroatoms. The molecule has 1 heterocycles. The van der Waals surface area contributed by atoms with Crippen molar-refractivity contribution >= 4 is 31.9 Å². The number of furan rings is 1. The average Bonchev–Trinajstić information content (AvgIpc) is 2.81. The highest BCUT2D eigenvalue weighted by molar-refractivity contribution is 9.10. The van der Waals surface area contributed by atoms with Crippen LogP contribution in [0.5, 0.6) is 0 Å². The molecule has 1 atom stereocenters. The summed E-state index contributed by atoms with van der Waals surface area (Å²) in [6.45, 7) is 5.21. The largest absolute Gasteiger partial charge is 0.452 e. The van der Waals surface area contributed by atoms with E-state index in [0.29, 0.717) is 0 Å². The van der Waals surface area contributed by atoms with Crippen LogP contribution in [0.2, 0.25) is 0 Å². The van der Waals surface area contributed by atoms with Gasteiger partial charge in [-0.15, -0.1) is 0 Å². The van der Waals surface area contributed by atoms with Gasteiger partial charge in [0.05, 0.1) is 6.04 Å². The van der Waals surface area contributed by atoms with E-state index in [1.165, 1.54) is 11.1 Å². The molecule has 102 valence electrons. The Morgan fingerprint density at radius 2 is 2.00 bits per heavy atom. The van der Waals surface area contributed by atoms with Crippen molar-refractivity contribution in [3.05, 3.63) is 56.4 Å². The molecule has 1 unspecified atom stereocenters. The van der Waals surface area contributed by atoms with Crippen LogP contribution in [0.4, 0.5) is 0 Å². The fourth-order valence-electron chi connectivity index (χ4n) is 2.03. The van der Waals surface area contributed by atoms with E-state index in [1.54, 1.807) is 0 Å². The molecule has 1 aromatic carbocycles. The Morgan fingerprint density at radius 3 is 2.63 bits per heavy atom. The van der Waals surface area contributed by atoms with Gasteiger partial charge >= 0.3 is 0 Å². The van der Waals surface area contributed by atoms with Crippen LogP contribution in [0, 0.1) is 6.92 Å². The molecule has 0 saturated carbocycles. The third kappa shape index (κ3) is 3.50. The normalized spacial score (nSPS) is 12.6. The standard InChI is InChI=1S/C15H17Br2NO/c1-3-9-18-15(12-7-8-13(16)19-12)11-6-4-5-10(2)14(11)17/h4-8,15,18H,3,9H2,1-2H3. The summed E-state index contributed by atoms with van der Waals surface area (Å²) in [6, 6.07) is 10.3. The number of halogens is 2. The fourth-order valence-corrected chi connectivity index (χ4v) is 2.84. The first kappa shape index (κ1) is 14.8. The van der Waals surface area contributed by atoms with Crippen LogP contribution < -0.4 is 5.32 Å². The Labute approximate surface area is 130 Å². The van der Waals surface area contributed by atoms with Gasteiger partial charge in [-0.1, -0.05) is 41.1 Å². The molecule has 19 heavy (non-hydrogen) atoms. The number of aryl methyl sites for hydroxylation is 1. The first-order valence-electron chi connectivity index (χ1n) is 6.37. The van der Waals surface area contributed by atoms with Crippen molar-refractivity contribution in [3.8, 4) is 0 Å². The van der Waals surface area contributed by atoms with Crippen molar-refractivity contribution < 1.29 is 4.42 Å². The highest BCUT2D eigenvalue weighted by Crippen LogP contribution is 2.32. The highest BCUT2D eigenvalue weighted by atomic mass is 79.9. The van der Waals surface area contributed by atoms with E-state index in [4.69, 9.17) is 4.42 Å². The van der Waals surface area contributed by atoms with Gasteiger partial charge < -0.3 is 9.73 Å². The second kappa shape index (κ2) is 6.73. The first-order valence-corrected chi connectivity index (χ1v) is 7.95. The third-order valence-corrected chi connectivity index (χ3v) is 4.52. The van der Waals surface area contributed by atoms with Gasteiger partial charge in [0.25, 0.3) is 0 Å². The van der Waals surface area contributed by atoms with Crippen LogP contribution in [0.15, 0.2) is 43.9 Å². The molecule has 0 radical (unpaired) electrons. The number of benzene rings is 1. The Hall–Kier alpha value is -0.580.